The summed E-state index contributed by atoms with van der Waals surface area (Å²) in [7, 11) is 0. The first-order valence-electron chi connectivity index (χ1n) is 4.83. The number of nitrogens with one attached hydrogen (secondary N) is 1. The van der Waals surface area contributed by atoms with E-state index in [9.17, 15) is 8.78 Å². The number of benzene rings is 1. The van der Waals surface area contributed by atoms with Gasteiger partial charge in [0, 0.05) is 12.6 Å². The lowest BCUT2D eigenvalue weighted by Gasteiger charge is -2.08. The molecule has 0 fully saturated rings. The Labute approximate surface area is 93.3 Å². The van der Waals surface area contributed by atoms with Gasteiger partial charge in [0.15, 0.2) is 0 Å². The highest BCUT2D eigenvalue weighted by Crippen LogP contribution is 2.18. The fraction of sp³-hybridized carbons (Fsp3) is 0.455. The van der Waals surface area contributed by atoms with Gasteiger partial charge in [-0.15, -0.1) is 0 Å². The van der Waals surface area contributed by atoms with Crippen molar-refractivity contribution in [3.63, 3.8) is 0 Å². The maximum Gasteiger partial charge on any atom is 0.146 e. The molecule has 1 nitrogen and oxygen atoms in total. The maximum atomic E-state index is 13.3. The van der Waals surface area contributed by atoms with Crippen LogP contribution < -0.4 is 5.32 Å². The average molecular weight is 231 g/mol. The maximum absolute atomic E-state index is 13.3. The third-order valence-corrected chi connectivity index (χ3v) is 2.79. The fourth-order valence-electron chi connectivity index (χ4n) is 1.22. The van der Waals surface area contributed by atoms with Gasteiger partial charge < -0.3 is 5.32 Å². The molecule has 0 bridgehead atoms. The molecular formula is C11H15F2NS. The molecule has 0 aromatic heterocycles. The summed E-state index contributed by atoms with van der Waals surface area (Å²) < 4.78 is 26.4. The monoisotopic (exact) mass is 231 g/mol. The summed E-state index contributed by atoms with van der Waals surface area (Å²) in [4.78, 5) is 0. The Hall–Kier alpha value is -0.770. The van der Waals surface area contributed by atoms with Crippen molar-refractivity contribution in [3.05, 3.63) is 29.3 Å². The summed E-state index contributed by atoms with van der Waals surface area (Å²) in [6, 6.07) is 2.43. The first kappa shape index (κ1) is 12.3. The van der Waals surface area contributed by atoms with Gasteiger partial charge in [-0.25, -0.2) is 8.78 Å². The molecule has 0 unspecified atom stereocenters. The van der Waals surface area contributed by atoms with Crippen LogP contribution in [0.15, 0.2) is 12.1 Å². The molecule has 15 heavy (non-hydrogen) atoms. The molecule has 0 heterocycles. The average Bonchev–Trinajstić information content (AvgIpc) is 2.20. The van der Waals surface area contributed by atoms with Crippen molar-refractivity contribution in [1.29, 1.82) is 0 Å². The van der Waals surface area contributed by atoms with Crippen LogP contribution in [0.5, 0.6) is 0 Å². The van der Waals surface area contributed by atoms with Crippen LogP contribution in [0.25, 0.3) is 0 Å². The highest BCUT2D eigenvalue weighted by Gasteiger charge is 2.06. The normalized spacial score (nSPS) is 10.4. The van der Waals surface area contributed by atoms with Crippen molar-refractivity contribution in [2.45, 2.75) is 13.3 Å². The van der Waals surface area contributed by atoms with Gasteiger partial charge in [0.1, 0.15) is 11.6 Å². The van der Waals surface area contributed by atoms with E-state index in [4.69, 9.17) is 0 Å². The van der Waals surface area contributed by atoms with Crippen molar-refractivity contribution < 1.29 is 8.78 Å². The van der Waals surface area contributed by atoms with Crippen molar-refractivity contribution in [1.82, 2.24) is 0 Å². The van der Waals surface area contributed by atoms with Crippen LogP contribution in [-0.2, 0) is 0 Å². The number of hydrogen-bond donors (Lipinski definition) is 1. The van der Waals surface area contributed by atoms with Gasteiger partial charge in [0.25, 0.3) is 0 Å². The molecule has 0 atom stereocenters. The van der Waals surface area contributed by atoms with Gasteiger partial charge in [-0.2, -0.15) is 11.8 Å². The molecule has 0 amide bonds. The molecule has 0 aliphatic rings. The summed E-state index contributed by atoms with van der Waals surface area (Å²) in [6.07, 6.45) is 2.96. The Bertz CT molecular complexity index is 329. The van der Waals surface area contributed by atoms with Gasteiger partial charge in [-0.1, -0.05) is 0 Å². The molecule has 0 saturated carbocycles. The third-order valence-electron chi connectivity index (χ3n) is 2.09. The van der Waals surface area contributed by atoms with Gasteiger partial charge >= 0.3 is 0 Å². The number of rotatable bonds is 5. The zero-order chi connectivity index (χ0) is 11.3. The van der Waals surface area contributed by atoms with Crippen LogP contribution in [0.1, 0.15) is 12.0 Å². The van der Waals surface area contributed by atoms with Crippen LogP contribution in [0.2, 0.25) is 0 Å². The largest absolute Gasteiger partial charge is 0.383 e. The Morgan fingerprint density at radius 3 is 2.67 bits per heavy atom. The van der Waals surface area contributed by atoms with Crippen molar-refractivity contribution in [2.75, 3.05) is 23.9 Å². The van der Waals surface area contributed by atoms with Crippen LogP contribution in [-0.4, -0.2) is 18.6 Å². The SMILES string of the molecule is CSCCCNc1cc(F)c(C)cc1F. The molecule has 1 aromatic rings. The summed E-state index contributed by atoms with van der Waals surface area (Å²) in [5.41, 5.74) is 0.585. The first-order chi connectivity index (χ1) is 7.15. The van der Waals surface area contributed by atoms with E-state index in [1.165, 1.54) is 12.1 Å². The third kappa shape index (κ3) is 3.70. The molecule has 84 valence electrons. The minimum atomic E-state index is -0.391. The molecule has 0 aliphatic carbocycles. The zero-order valence-electron chi connectivity index (χ0n) is 8.94. The molecule has 1 rings (SSSR count). The van der Waals surface area contributed by atoms with E-state index in [-0.39, 0.29) is 11.5 Å². The van der Waals surface area contributed by atoms with Crippen molar-refractivity contribution >= 4 is 17.4 Å². The standard InChI is InChI=1S/C11H15F2NS/c1-8-6-10(13)11(7-9(8)12)14-4-3-5-15-2/h6-7,14H,3-5H2,1-2H3. The lowest BCUT2D eigenvalue weighted by atomic mass is 10.2. The molecule has 0 radical (unpaired) electrons. The second-order valence-electron chi connectivity index (χ2n) is 3.35. The second-order valence-corrected chi connectivity index (χ2v) is 4.34. The minimum absolute atomic E-state index is 0.249. The summed E-state index contributed by atoms with van der Waals surface area (Å²) in [5.74, 6) is 0.255. The molecule has 0 saturated heterocycles. The second kappa shape index (κ2) is 5.95. The Morgan fingerprint density at radius 2 is 2.00 bits per heavy atom. The Kier molecular flexibility index (Phi) is 4.88. The van der Waals surface area contributed by atoms with E-state index in [1.54, 1.807) is 18.7 Å². The molecule has 1 N–H and O–H groups in total. The number of halogens is 2. The number of thioether (sulfide) groups is 1. The van der Waals surface area contributed by atoms with Crippen molar-refractivity contribution in [2.24, 2.45) is 0 Å². The number of aryl methyl sites for hydroxylation is 1. The minimum Gasteiger partial charge on any atom is -0.383 e. The van der Waals surface area contributed by atoms with E-state index in [0.717, 1.165) is 12.2 Å². The van der Waals surface area contributed by atoms with Crippen LogP contribution in [0.4, 0.5) is 14.5 Å². The molecule has 0 aliphatic heterocycles. The molecular weight excluding hydrogens is 216 g/mol. The summed E-state index contributed by atoms with van der Waals surface area (Å²) >= 11 is 1.74. The topological polar surface area (TPSA) is 12.0 Å². The first-order valence-corrected chi connectivity index (χ1v) is 6.23. The van der Waals surface area contributed by atoms with Crippen molar-refractivity contribution in [3.8, 4) is 0 Å². The quantitative estimate of drug-likeness (QED) is 0.779. The van der Waals surface area contributed by atoms with E-state index in [0.29, 0.717) is 12.1 Å². The van der Waals surface area contributed by atoms with E-state index < -0.39 is 5.82 Å². The highest BCUT2D eigenvalue weighted by molar-refractivity contribution is 7.98. The van der Waals surface area contributed by atoms with Gasteiger partial charge in [0.2, 0.25) is 0 Å². The number of hydrogen-bond acceptors (Lipinski definition) is 2. The lowest BCUT2D eigenvalue weighted by Crippen LogP contribution is -2.05. The molecule has 4 heteroatoms. The summed E-state index contributed by atoms with van der Waals surface area (Å²) in [5, 5.41) is 2.89. The van der Waals surface area contributed by atoms with Gasteiger partial charge in [-0.05, 0) is 37.0 Å². The van der Waals surface area contributed by atoms with Gasteiger partial charge in [0.05, 0.1) is 5.69 Å². The van der Waals surface area contributed by atoms with Crippen LogP contribution in [0, 0.1) is 18.6 Å². The van der Waals surface area contributed by atoms with Crippen LogP contribution >= 0.6 is 11.8 Å². The van der Waals surface area contributed by atoms with E-state index in [1.807, 2.05) is 6.26 Å². The van der Waals surface area contributed by atoms with E-state index in [2.05, 4.69) is 5.32 Å². The predicted octanol–water partition coefficient (Wildman–Crippen LogP) is 3.44. The van der Waals surface area contributed by atoms with Crippen LogP contribution in [0.3, 0.4) is 0 Å². The Balaban J connectivity index is 2.57. The zero-order valence-corrected chi connectivity index (χ0v) is 9.76. The summed E-state index contributed by atoms with van der Waals surface area (Å²) in [6.45, 7) is 2.22. The smallest absolute Gasteiger partial charge is 0.146 e. The lowest BCUT2D eigenvalue weighted by molar-refractivity contribution is 0.594. The molecule has 1 aromatic carbocycles. The highest BCUT2D eigenvalue weighted by atomic mass is 32.2. The van der Waals surface area contributed by atoms with Gasteiger partial charge in [-0.3, -0.25) is 0 Å². The molecule has 0 spiro atoms. The Morgan fingerprint density at radius 1 is 1.27 bits per heavy atom. The number of anilines is 1. The fourth-order valence-corrected chi connectivity index (χ4v) is 1.65. The predicted molar refractivity (Wildman–Crippen MR) is 62.6 cm³/mol. The van der Waals surface area contributed by atoms with E-state index >= 15 is 0 Å².